The molecule has 0 radical (unpaired) electrons. The van der Waals surface area contributed by atoms with Crippen LogP contribution in [0.3, 0.4) is 0 Å². The highest BCUT2D eigenvalue weighted by molar-refractivity contribution is 6.23. The quantitative estimate of drug-likeness (QED) is 0.659. The summed E-state index contributed by atoms with van der Waals surface area (Å²) in [5.74, 6) is 0. The van der Waals surface area contributed by atoms with Crippen LogP contribution in [0.15, 0.2) is 0 Å². The van der Waals surface area contributed by atoms with Crippen LogP contribution >= 0.6 is 11.6 Å². The predicted octanol–water partition coefficient (Wildman–Crippen LogP) is 2.92. The van der Waals surface area contributed by atoms with E-state index in [4.69, 9.17) is 11.6 Å². The normalized spacial score (nSPS) is 37.2. The maximum atomic E-state index is 6.25. The largest absolute Gasteiger partial charge is 0.312 e. The van der Waals surface area contributed by atoms with Gasteiger partial charge in [-0.2, -0.15) is 0 Å². The highest BCUT2D eigenvalue weighted by Crippen LogP contribution is 2.33. The van der Waals surface area contributed by atoms with Gasteiger partial charge in [0.05, 0.1) is 0 Å². The van der Waals surface area contributed by atoms with E-state index in [-0.39, 0.29) is 4.87 Å². The van der Waals surface area contributed by atoms with Gasteiger partial charge in [-0.3, -0.25) is 0 Å². The Morgan fingerprint density at radius 2 is 1.83 bits per heavy atom. The molecule has 0 aromatic heterocycles. The topological polar surface area (TPSA) is 12.0 Å². The monoisotopic (exact) mass is 189 g/mol. The van der Waals surface area contributed by atoms with E-state index >= 15 is 0 Å². The molecule has 72 valence electrons. The molecule has 1 N–H and O–H groups in total. The van der Waals surface area contributed by atoms with Gasteiger partial charge in [0.15, 0.2) is 0 Å². The van der Waals surface area contributed by atoms with Crippen molar-refractivity contribution in [3.05, 3.63) is 0 Å². The maximum Gasteiger partial charge on any atom is 0.0420 e. The molecule has 1 aliphatic rings. The Morgan fingerprint density at radius 1 is 1.33 bits per heavy atom. The smallest absolute Gasteiger partial charge is 0.0420 e. The average molecular weight is 190 g/mol. The third kappa shape index (κ3) is 3.32. The summed E-state index contributed by atoms with van der Waals surface area (Å²) in [4.78, 5) is 0.0785. The molecule has 1 aliphatic carbocycles. The van der Waals surface area contributed by atoms with Gasteiger partial charge in [-0.1, -0.05) is 13.8 Å². The van der Waals surface area contributed by atoms with E-state index in [0.717, 1.165) is 12.8 Å². The second-order valence-corrected chi connectivity index (χ2v) is 5.42. The number of hydrogen-bond acceptors (Lipinski definition) is 1. The average Bonchev–Trinajstić information content (AvgIpc) is 1.93. The van der Waals surface area contributed by atoms with Crippen LogP contribution in [0.4, 0.5) is 0 Å². The molecule has 0 heterocycles. The summed E-state index contributed by atoms with van der Waals surface area (Å²) in [6.07, 6.45) is 4.77. The van der Waals surface area contributed by atoms with Crippen molar-refractivity contribution in [3.8, 4) is 0 Å². The molecule has 1 rings (SSSR count). The van der Waals surface area contributed by atoms with Crippen LogP contribution in [-0.4, -0.2) is 17.0 Å². The van der Waals surface area contributed by atoms with Gasteiger partial charge < -0.3 is 5.32 Å². The fraction of sp³-hybridized carbons (Fsp3) is 1.00. The molecule has 0 atom stereocenters. The van der Waals surface area contributed by atoms with E-state index in [0.29, 0.717) is 12.1 Å². The van der Waals surface area contributed by atoms with Crippen LogP contribution in [0.25, 0.3) is 0 Å². The van der Waals surface area contributed by atoms with Gasteiger partial charge in [-0.15, -0.1) is 11.6 Å². The lowest BCUT2D eigenvalue weighted by Crippen LogP contribution is -2.40. The number of halogens is 1. The third-order valence-electron chi connectivity index (χ3n) is 2.60. The second-order valence-electron chi connectivity index (χ2n) is 4.51. The van der Waals surface area contributed by atoms with E-state index in [2.05, 4.69) is 26.1 Å². The molecule has 0 aromatic rings. The van der Waals surface area contributed by atoms with E-state index in [1.165, 1.54) is 12.8 Å². The molecule has 0 unspecified atom stereocenters. The van der Waals surface area contributed by atoms with Crippen molar-refractivity contribution < 1.29 is 0 Å². The lowest BCUT2D eigenvalue weighted by Gasteiger charge is -2.33. The van der Waals surface area contributed by atoms with Crippen LogP contribution in [0.2, 0.25) is 0 Å². The van der Waals surface area contributed by atoms with Crippen LogP contribution in [0, 0.1) is 0 Å². The van der Waals surface area contributed by atoms with Crippen molar-refractivity contribution >= 4 is 11.6 Å². The van der Waals surface area contributed by atoms with Gasteiger partial charge in [0.1, 0.15) is 0 Å². The lowest BCUT2D eigenvalue weighted by atomic mass is 9.86. The molecule has 0 saturated heterocycles. The van der Waals surface area contributed by atoms with Crippen molar-refractivity contribution in [1.29, 1.82) is 0 Å². The Balaban J connectivity index is 2.27. The van der Waals surface area contributed by atoms with Crippen LogP contribution in [0.5, 0.6) is 0 Å². The zero-order valence-corrected chi connectivity index (χ0v) is 9.12. The van der Waals surface area contributed by atoms with Crippen molar-refractivity contribution in [2.45, 2.75) is 63.4 Å². The first kappa shape index (κ1) is 10.3. The number of hydrogen-bond donors (Lipinski definition) is 1. The fourth-order valence-corrected chi connectivity index (χ4v) is 2.08. The highest BCUT2D eigenvalue weighted by Gasteiger charge is 2.28. The molecule has 0 amide bonds. The molecule has 2 heteroatoms. The van der Waals surface area contributed by atoms with Crippen molar-refractivity contribution in [2.24, 2.45) is 0 Å². The van der Waals surface area contributed by atoms with E-state index < -0.39 is 0 Å². The first-order valence-electron chi connectivity index (χ1n) is 4.94. The SMILES string of the molecule is CC(C)NC1CCC(C)(Cl)CC1. The molecule has 0 aliphatic heterocycles. The van der Waals surface area contributed by atoms with Crippen molar-refractivity contribution in [3.63, 3.8) is 0 Å². The van der Waals surface area contributed by atoms with Crippen molar-refractivity contribution in [1.82, 2.24) is 5.32 Å². The van der Waals surface area contributed by atoms with Gasteiger partial charge in [-0.05, 0) is 32.6 Å². The molecule has 1 nitrogen and oxygen atoms in total. The number of alkyl halides is 1. The molecular formula is C10H20ClN. The predicted molar refractivity (Wildman–Crippen MR) is 54.8 cm³/mol. The summed E-state index contributed by atoms with van der Waals surface area (Å²) in [6.45, 7) is 6.56. The lowest BCUT2D eigenvalue weighted by molar-refractivity contribution is 0.311. The van der Waals surface area contributed by atoms with Gasteiger partial charge >= 0.3 is 0 Å². The van der Waals surface area contributed by atoms with E-state index in [1.54, 1.807) is 0 Å². The minimum atomic E-state index is 0.0785. The van der Waals surface area contributed by atoms with E-state index in [9.17, 15) is 0 Å². The molecule has 0 bridgehead atoms. The van der Waals surface area contributed by atoms with Gasteiger partial charge in [0.25, 0.3) is 0 Å². The summed E-state index contributed by atoms with van der Waals surface area (Å²) in [5, 5.41) is 3.56. The zero-order valence-electron chi connectivity index (χ0n) is 8.36. The fourth-order valence-electron chi connectivity index (χ4n) is 1.86. The van der Waals surface area contributed by atoms with Crippen LogP contribution < -0.4 is 5.32 Å². The minimum Gasteiger partial charge on any atom is -0.312 e. The molecular weight excluding hydrogens is 170 g/mol. The second kappa shape index (κ2) is 3.97. The summed E-state index contributed by atoms with van der Waals surface area (Å²) in [5.41, 5.74) is 0. The van der Waals surface area contributed by atoms with Crippen LogP contribution in [0.1, 0.15) is 46.5 Å². The van der Waals surface area contributed by atoms with Gasteiger partial charge in [0.2, 0.25) is 0 Å². The first-order valence-corrected chi connectivity index (χ1v) is 5.32. The van der Waals surface area contributed by atoms with Gasteiger partial charge in [0, 0.05) is 17.0 Å². The Morgan fingerprint density at radius 3 is 2.25 bits per heavy atom. The Kier molecular flexibility index (Phi) is 3.42. The molecule has 0 spiro atoms. The summed E-state index contributed by atoms with van der Waals surface area (Å²) >= 11 is 6.25. The maximum absolute atomic E-state index is 6.25. The molecule has 1 saturated carbocycles. The Bertz CT molecular complexity index is 133. The first-order chi connectivity index (χ1) is 5.49. The van der Waals surface area contributed by atoms with Crippen LogP contribution in [-0.2, 0) is 0 Å². The number of rotatable bonds is 2. The molecule has 1 fully saturated rings. The summed E-state index contributed by atoms with van der Waals surface area (Å²) in [6, 6.07) is 1.31. The van der Waals surface area contributed by atoms with Crippen molar-refractivity contribution in [2.75, 3.05) is 0 Å². The Hall–Kier alpha value is 0.250. The molecule has 12 heavy (non-hydrogen) atoms. The zero-order chi connectivity index (χ0) is 9.19. The minimum absolute atomic E-state index is 0.0785. The summed E-state index contributed by atoms with van der Waals surface area (Å²) < 4.78 is 0. The third-order valence-corrected chi connectivity index (χ3v) is 2.98. The van der Waals surface area contributed by atoms with Gasteiger partial charge in [-0.25, -0.2) is 0 Å². The highest BCUT2D eigenvalue weighted by atomic mass is 35.5. The summed E-state index contributed by atoms with van der Waals surface area (Å²) in [7, 11) is 0. The Labute approximate surface area is 80.9 Å². The van der Waals surface area contributed by atoms with E-state index in [1.807, 2.05) is 0 Å². The standard InChI is InChI=1S/C10H20ClN/c1-8(2)12-9-4-6-10(3,11)7-5-9/h8-9,12H,4-7H2,1-3H3. The molecule has 0 aromatic carbocycles. The number of nitrogens with one attached hydrogen (secondary N) is 1.